The average Bonchev–Trinajstić information content (AvgIpc) is 3.04. The monoisotopic (exact) mass is 343 g/mol. The normalized spacial score (nSPS) is 23.2. The molecule has 4 rings (SSSR count). The highest BCUT2D eigenvalue weighted by molar-refractivity contribution is 5.93. The number of ether oxygens (including phenoxy) is 1. The number of rotatable bonds is 4. The summed E-state index contributed by atoms with van der Waals surface area (Å²) >= 11 is 0. The molecule has 0 aromatic carbocycles. The van der Waals surface area contributed by atoms with Crippen molar-refractivity contribution in [1.29, 1.82) is 0 Å². The van der Waals surface area contributed by atoms with E-state index in [1.54, 1.807) is 13.3 Å². The Labute approximate surface area is 145 Å². The predicted molar refractivity (Wildman–Crippen MR) is 89.5 cm³/mol. The second kappa shape index (κ2) is 6.79. The van der Waals surface area contributed by atoms with Gasteiger partial charge in [0.2, 0.25) is 0 Å². The number of anilines is 1. The van der Waals surface area contributed by atoms with E-state index in [2.05, 4.69) is 31.2 Å². The SMILES string of the molecule is Cc1ocnc1C(=O)NC1CC(c2cc(N3CCOCC3)ncn2)C1. The minimum Gasteiger partial charge on any atom is -0.448 e. The van der Waals surface area contributed by atoms with E-state index in [1.807, 2.05) is 0 Å². The molecule has 0 spiro atoms. The Bertz CT molecular complexity index is 750. The molecule has 2 fully saturated rings. The third kappa shape index (κ3) is 3.34. The van der Waals surface area contributed by atoms with Gasteiger partial charge in [-0.15, -0.1) is 0 Å². The minimum atomic E-state index is -0.175. The zero-order chi connectivity index (χ0) is 17.2. The highest BCUT2D eigenvalue weighted by Crippen LogP contribution is 2.36. The number of morpholine rings is 1. The van der Waals surface area contributed by atoms with Crippen LogP contribution in [0.1, 0.15) is 40.7 Å². The predicted octanol–water partition coefficient (Wildman–Crippen LogP) is 1.29. The summed E-state index contributed by atoms with van der Waals surface area (Å²) < 4.78 is 10.5. The number of oxazole rings is 1. The fraction of sp³-hybridized carbons (Fsp3) is 0.529. The highest BCUT2D eigenvalue weighted by atomic mass is 16.5. The van der Waals surface area contributed by atoms with Gasteiger partial charge < -0.3 is 19.4 Å². The van der Waals surface area contributed by atoms with Crippen LogP contribution >= 0.6 is 0 Å². The Morgan fingerprint density at radius 3 is 2.76 bits per heavy atom. The molecule has 8 heteroatoms. The van der Waals surface area contributed by atoms with E-state index < -0.39 is 0 Å². The van der Waals surface area contributed by atoms with Gasteiger partial charge in [-0.2, -0.15) is 0 Å². The summed E-state index contributed by atoms with van der Waals surface area (Å²) in [5.74, 6) is 1.68. The standard InChI is InChI=1S/C17H21N5O3/c1-11-16(20-10-25-11)17(23)21-13-6-12(7-13)14-8-15(19-9-18-14)22-2-4-24-5-3-22/h8-10,12-13H,2-7H2,1H3,(H,21,23). The minimum absolute atomic E-state index is 0.149. The van der Waals surface area contributed by atoms with Crippen LogP contribution in [-0.4, -0.2) is 53.2 Å². The fourth-order valence-corrected chi connectivity index (χ4v) is 3.30. The van der Waals surface area contributed by atoms with Crippen LogP contribution in [0.4, 0.5) is 5.82 Å². The third-order valence-corrected chi connectivity index (χ3v) is 4.86. The topological polar surface area (TPSA) is 93.4 Å². The number of carbonyl (C=O) groups is 1. The van der Waals surface area contributed by atoms with Gasteiger partial charge in [0.15, 0.2) is 12.1 Å². The summed E-state index contributed by atoms with van der Waals surface area (Å²) in [5, 5.41) is 3.01. The van der Waals surface area contributed by atoms with Crippen LogP contribution in [0.5, 0.6) is 0 Å². The molecular weight excluding hydrogens is 322 g/mol. The number of carbonyl (C=O) groups excluding carboxylic acids is 1. The maximum atomic E-state index is 12.2. The van der Waals surface area contributed by atoms with Gasteiger partial charge in [-0.3, -0.25) is 4.79 Å². The van der Waals surface area contributed by atoms with Crippen LogP contribution in [0.3, 0.4) is 0 Å². The first-order valence-corrected chi connectivity index (χ1v) is 8.56. The lowest BCUT2D eigenvalue weighted by molar-refractivity contribution is 0.0902. The van der Waals surface area contributed by atoms with Crippen LogP contribution < -0.4 is 10.2 Å². The van der Waals surface area contributed by atoms with Crippen LogP contribution in [0, 0.1) is 6.92 Å². The van der Waals surface area contributed by atoms with Gasteiger partial charge in [-0.25, -0.2) is 15.0 Å². The van der Waals surface area contributed by atoms with Crippen molar-refractivity contribution < 1.29 is 13.9 Å². The molecule has 1 amide bonds. The van der Waals surface area contributed by atoms with Gasteiger partial charge in [0, 0.05) is 36.8 Å². The number of nitrogens with zero attached hydrogens (tertiary/aromatic N) is 4. The molecule has 2 aromatic heterocycles. The fourth-order valence-electron chi connectivity index (χ4n) is 3.30. The van der Waals surface area contributed by atoms with Gasteiger partial charge in [-0.1, -0.05) is 0 Å². The number of amides is 1. The Balaban J connectivity index is 1.34. The molecule has 1 saturated carbocycles. The van der Waals surface area contributed by atoms with Crippen molar-refractivity contribution in [3.05, 3.63) is 35.9 Å². The van der Waals surface area contributed by atoms with E-state index in [9.17, 15) is 4.79 Å². The van der Waals surface area contributed by atoms with E-state index in [4.69, 9.17) is 9.15 Å². The van der Waals surface area contributed by atoms with Crippen molar-refractivity contribution in [2.45, 2.75) is 31.7 Å². The molecule has 0 unspecified atom stereocenters. The first kappa shape index (κ1) is 16.0. The van der Waals surface area contributed by atoms with Gasteiger partial charge in [0.1, 0.15) is 17.9 Å². The summed E-state index contributed by atoms with van der Waals surface area (Å²) in [5.41, 5.74) is 1.40. The quantitative estimate of drug-likeness (QED) is 0.894. The molecule has 1 N–H and O–H groups in total. The second-order valence-corrected chi connectivity index (χ2v) is 6.50. The highest BCUT2D eigenvalue weighted by Gasteiger charge is 2.33. The molecule has 2 aromatic rings. The van der Waals surface area contributed by atoms with Gasteiger partial charge in [-0.05, 0) is 19.8 Å². The van der Waals surface area contributed by atoms with Crippen LogP contribution in [-0.2, 0) is 4.74 Å². The molecular formula is C17H21N5O3. The van der Waals surface area contributed by atoms with Gasteiger partial charge in [0.05, 0.1) is 13.2 Å². The Hall–Kier alpha value is -2.48. The average molecular weight is 343 g/mol. The number of aryl methyl sites for hydroxylation is 1. The van der Waals surface area contributed by atoms with Crippen LogP contribution in [0.2, 0.25) is 0 Å². The van der Waals surface area contributed by atoms with Gasteiger partial charge in [0.25, 0.3) is 5.91 Å². The molecule has 132 valence electrons. The lowest BCUT2D eigenvalue weighted by Crippen LogP contribution is -2.44. The first-order valence-electron chi connectivity index (χ1n) is 8.56. The van der Waals surface area contributed by atoms with Crippen molar-refractivity contribution in [2.75, 3.05) is 31.2 Å². The molecule has 0 radical (unpaired) electrons. The van der Waals surface area contributed by atoms with Gasteiger partial charge >= 0.3 is 0 Å². The summed E-state index contributed by atoms with van der Waals surface area (Å²) in [6.45, 7) is 4.92. The van der Waals surface area contributed by atoms with Crippen molar-refractivity contribution in [1.82, 2.24) is 20.3 Å². The molecule has 0 atom stereocenters. The number of hydrogen-bond acceptors (Lipinski definition) is 7. The molecule has 1 aliphatic heterocycles. The molecule has 1 saturated heterocycles. The Morgan fingerprint density at radius 1 is 1.24 bits per heavy atom. The molecule has 2 aliphatic rings. The van der Waals surface area contributed by atoms with E-state index in [1.165, 1.54) is 6.39 Å². The van der Waals surface area contributed by atoms with Crippen molar-refractivity contribution >= 4 is 11.7 Å². The second-order valence-electron chi connectivity index (χ2n) is 6.50. The summed E-state index contributed by atoms with van der Waals surface area (Å²) in [7, 11) is 0. The van der Waals surface area contributed by atoms with E-state index in [0.29, 0.717) is 17.4 Å². The van der Waals surface area contributed by atoms with Crippen LogP contribution in [0.25, 0.3) is 0 Å². The zero-order valence-electron chi connectivity index (χ0n) is 14.1. The molecule has 1 aliphatic carbocycles. The van der Waals surface area contributed by atoms with E-state index >= 15 is 0 Å². The third-order valence-electron chi connectivity index (χ3n) is 4.86. The summed E-state index contributed by atoms with van der Waals surface area (Å²) in [6, 6.07) is 2.21. The molecule has 8 nitrogen and oxygen atoms in total. The summed E-state index contributed by atoms with van der Waals surface area (Å²) in [6.07, 6.45) is 4.68. The Morgan fingerprint density at radius 2 is 2.04 bits per heavy atom. The van der Waals surface area contributed by atoms with Crippen molar-refractivity contribution in [3.63, 3.8) is 0 Å². The largest absolute Gasteiger partial charge is 0.448 e. The van der Waals surface area contributed by atoms with Crippen molar-refractivity contribution in [2.24, 2.45) is 0 Å². The number of hydrogen-bond donors (Lipinski definition) is 1. The number of nitrogens with one attached hydrogen (secondary N) is 1. The molecule has 0 bridgehead atoms. The van der Waals surface area contributed by atoms with E-state index in [-0.39, 0.29) is 11.9 Å². The Kier molecular flexibility index (Phi) is 4.35. The maximum Gasteiger partial charge on any atom is 0.273 e. The van der Waals surface area contributed by atoms with E-state index in [0.717, 1.165) is 50.7 Å². The maximum absolute atomic E-state index is 12.2. The first-order chi connectivity index (χ1) is 12.2. The molecule has 3 heterocycles. The zero-order valence-corrected chi connectivity index (χ0v) is 14.1. The van der Waals surface area contributed by atoms with Crippen LogP contribution in [0.15, 0.2) is 23.2 Å². The summed E-state index contributed by atoms with van der Waals surface area (Å²) in [4.78, 5) is 27.1. The number of aromatic nitrogens is 3. The van der Waals surface area contributed by atoms with Crippen molar-refractivity contribution in [3.8, 4) is 0 Å². The smallest absolute Gasteiger partial charge is 0.273 e. The molecule has 25 heavy (non-hydrogen) atoms. The lowest BCUT2D eigenvalue weighted by Gasteiger charge is -2.36. The lowest BCUT2D eigenvalue weighted by atomic mass is 9.78.